The number of nitrogens with two attached hydrogens (primary N) is 1. The summed E-state index contributed by atoms with van der Waals surface area (Å²) in [4.78, 5) is 15.6. The molecule has 0 saturated heterocycles. The first-order chi connectivity index (χ1) is 6.99. The summed E-state index contributed by atoms with van der Waals surface area (Å²) in [5, 5.41) is 0. The van der Waals surface area contributed by atoms with Gasteiger partial charge in [-0.15, -0.1) is 0 Å². The molecular formula is C11H25N3O. The number of hydrogen-bond acceptors (Lipinski definition) is 3. The van der Waals surface area contributed by atoms with Gasteiger partial charge in [-0.2, -0.15) is 0 Å². The average Bonchev–Trinajstić information content (AvgIpc) is 2.16. The van der Waals surface area contributed by atoms with E-state index in [-0.39, 0.29) is 11.9 Å². The Morgan fingerprint density at radius 1 is 1.27 bits per heavy atom. The molecule has 0 fully saturated rings. The van der Waals surface area contributed by atoms with E-state index in [1.165, 1.54) is 0 Å². The lowest BCUT2D eigenvalue weighted by atomic mass is 10.1. The smallest absolute Gasteiger partial charge is 0.239 e. The summed E-state index contributed by atoms with van der Waals surface area (Å²) in [6.45, 7) is 3.83. The van der Waals surface area contributed by atoms with Gasteiger partial charge in [-0.1, -0.05) is 13.3 Å². The molecule has 0 aromatic rings. The van der Waals surface area contributed by atoms with Crippen molar-refractivity contribution in [1.82, 2.24) is 9.80 Å². The normalized spacial score (nSPS) is 12.9. The molecule has 0 aliphatic carbocycles. The topological polar surface area (TPSA) is 49.6 Å². The molecule has 0 aliphatic heterocycles. The molecular weight excluding hydrogens is 190 g/mol. The van der Waals surface area contributed by atoms with Crippen LogP contribution in [0.25, 0.3) is 0 Å². The van der Waals surface area contributed by atoms with Crippen LogP contribution in [0.1, 0.15) is 26.2 Å². The Balaban J connectivity index is 3.78. The fourth-order valence-corrected chi connectivity index (χ4v) is 1.45. The van der Waals surface area contributed by atoms with Crippen molar-refractivity contribution in [2.24, 2.45) is 5.73 Å². The van der Waals surface area contributed by atoms with Crippen molar-refractivity contribution in [3.63, 3.8) is 0 Å². The molecule has 0 spiro atoms. The summed E-state index contributed by atoms with van der Waals surface area (Å²) in [5.74, 6) is 0.0654. The molecule has 0 aliphatic rings. The molecule has 90 valence electrons. The Morgan fingerprint density at radius 3 is 2.33 bits per heavy atom. The van der Waals surface area contributed by atoms with Crippen LogP contribution in [0.15, 0.2) is 0 Å². The lowest BCUT2D eigenvalue weighted by Gasteiger charge is -2.21. The molecule has 15 heavy (non-hydrogen) atoms. The predicted molar refractivity (Wildman–Crippen MR) is 63.7 cm³/mol. The molecule has 4 heteroatoms. The first-order valence-electron chi connectivity index (χ1n) is 5.64. The Bertz CT molecular complexity index is 183. The van der Waals surface area contributed by atoms with Gasteiger partial charge in [-0.25, -0.2) is 0 Å². The summed E-state index contributed by atoms with van der Waals surface area (Å²) in [6, 6.07) is -0.320. The number of likely N-dealkylation sites (N-methyl/N-ethyl adjacent to an activating group) is 1. The van der Waals surface area contributed by atoms with Crippen molar-refractivity contribution in [3.8, 4) is 0 Å². The van der Waals surface area contributed by atoms with Gasteiger partial charge in [0.15, 0.2) is 0 Å². The highest BCUT2D eigenvalue weighted by Crippen LogP contribution is 1.99. The first kappa shape index (κ1) is 14.4. The van der Waals surface area contributed by atoms with Gasteiger partial charge >= 0.3 is 0 Å². The van der Waals surface area contributed by atoms with Crippen molar-refractivity contribution in [3.05, 3.63) is 0 Å². The maximum absolute atomic E-state index is 11.7. The summed E-state index contributed by atoms with van der Waals surface area (Å²) in [7, 11) is 5.89. The SMILES string of the molecule is CCC[C@H](N)C(=O)N(C)CCCN(C)C. The molecule has 1 atom stereocenters. The molecule has 2 N–H and O–H groups in total. The average molecular weight is 215 g/mol. The molecule has 4 nitrogen and oxygen atoms in total. The second kappa shape index (κ2) is 7.65. The summed E-state index contributed by atoms with van der Waals surface area (Å²) < 4.78 is 0. The minimum Gasteiger partial charge on any atom is -0.344 e. The van der Waals surface area contributed by atoms with Crippen LogP contribution in [0.5, 0.6) is 0 Å². The van der Waals surface area contributed by atoms with Gasteiger partial charge in [0.2, 0.25) is 5.91 Å². The largest absolute Gasteiger partial charge is 0.344 e. The molecule has 0 aromatic heterocycles. The molecule has 0 radical (unpaired) electrons. The van der Waals surface area contributed by atoms with Crippen LogP contribution < -0.4 is 5.73 Å². The van der Waals surface area contributed by atoms with Gasteiger partial charge in [-0.3, -0.25) is 4.79 Å². The van der Waals surface area contributed by atoms with E-state index in [1.54, 1.807) is 4.90 Å². The monoisotopic (exact) mass is 215 g/mol. The van der Waals surface area contributed by atoms with Crippen LogP contribution in [0, 0.1) is 0 Å². The highest BCUT2D eigenvalue weighted by Gasteiger charge is 2.16. The van der Waals surface area contributed by atoms with Gasteiger partial charge in [0.25, 0.3) is 0 Å². The third kappa shape index (κ3) is 6.47. The van der Waals surface area contributed by atoms with E-state index < -0.39 is 0 Å². The van der Waals surface area contributed by atoms with Gasteiger partial charge in [0, 0.05) is 13.6 Å². The summed E-state index contributed by atoms with van der Waals surface area (Å²) in [5.41, 5.74) is 5.76. The van der Waals surface area contributed by atoms with Crippen LogP contribution in [0.4, 0.5) is 0 Å². The van der Waals surface area contributed by atoms with Gasteiger partial charge < -0.3 is 15.5 Å². The first-order valence-corrected chi connectivity index (χ1v) is 5.64. The molecule has 0 saturated carbocycles. The number of carbonyl (C=O) groups is 1. The lowest BCUT2D eigenvalue weighted by Crippen LogP contribution is -2.42. The third-order valence-electron chi connectivity index (χ3n) is 2.39. The third-order valence-corrected chi connectivity index (χ3v) is 2.39. The van der Waals surface area contributed by atoms with E-state index in [9.17, 15) is 4.79 Å². The van der Waals surface area contributed by atoms with Crippen LogP contribution in [-0.4, -0.2) is 56.0 Å². The van der Waals surface area contributed by atoms with Crippen molar-refractivity contribution in [1.29, 1.82) is 0 Å². The van der Waals surface area contributed by atoms with Gasteiger partial charge in [-0.05, 0) is 33.5 Å². The fraction of sp³-hybridized carbons (Fsp3) is 0.909. The van der Waals surface area contributed by atoms with E-state index in [1.807, 2.05) is 28.1 Å². The van der Waals surface area contributed by atoms with Crippen molar-refractivity contribution < 1.29 is 4.79 Å². The maximum Gasteiger partial charge on any atom is 0.239 e. The molecule has 0 unspecified atom stereocenters. The molecule has 0 bridgehead atoms. The van der Waals surface area contributed by atoms with Gasteiger partial charge in [0.1, 0.15) is 0 Å². The molecule has 0 rings (SSSR count). The predicted octanol–water partition coefficient (Wildman–Crippen LogP) is 0.524. The zero-order valence-corrected chi connectivity index (χ0v) is 10.5. The van der Waals surface area contributed by atoms with Crippen LogP contribution in [0.2, 0.25) is 0 Å². The maximum atomic E-state index is 11.7. The standard InChI is InChI=1S/C11H25N3O/c1-5-7-10(12)11(15)14(4)9-6-8-13(2)3/h10H,5-9,12H2,1-4H3/t10-/m0/s1. The van der Waals surface area contributed by atoms with Crippen molar-refractivity contribution >= 4 is 5.91 Å². The fourth-order valence-electron chi connectivity index (χ4n) is 1.45. The number of carbonyl (C=O) groups excluding carboxylic acids is 1. The zero-order valence-electron chi connectivity index (χ0n) is 10.5. The number of nitrogens with zero attached hydrogens (tertiary/aromatic N) is 2. The Kier molecular flexibility index (Phi) is 7.34. The quantitative estimate of drug-likeness (QED) is 0.674. The minimum absolute atomic E-state index is 0.0654. The molecule has 0 aromatic carbocycles. The van der Waals surface area contributed by atoms with E-state index in [2.05, 4.69) is 4.90 Å². The second-order valence-electron chi connectivity index (χ2n) is 4.31. The number of amides is 1. The lowest BCUT2D eigenvalue weighted by molar-refractivity contribution is -0.131. The van der Waals surface area contributed by atoms with E-state index >= 15 is 0 Å². The van der Waals surface area contributed by atoms with E-state index in [0.29, 0.717) is 0 Å². The van der Waals surface area contributed by atoms with Crippen molar-refractivity contribution in [2.45, 2.75) is 32.2 Å². The van der Waals surface area contributed by atoms with Crippen molar-refractivity contribution in [2.75, 3.05) is 34.2 Å². The summed E-state index contributed by atoms with van der Waals surface area (Å²) >= 11 is 0. The Morgan fingerprint density at radius 2 is 1.87 bits per heavy atom. The van der Waals surface area contributed by atoms with E-state index in [4.69, 9.17) is 5.73 Å². The number of hydrogen-bond donors (Lipinski definition) is 1. The van der Waals surface area contributed by atoms with Crippen LogP contribution >= 0.6 is 0 Å². The Hall–Kier alpha value is -0.610. The molecule has 0 heterocycles. The number of rotatable bonds is 7. The Labute approximate surface area is 93.4 Å². The summed E-state index contributed by atoms with van der Waals surface area (Å²) in [6.07, 6.45) is 2.73. The minimum atomic E-state index is -0.320. The highest BCUT2D eigenvalue weighted by atomic mass is 16.2. The molecule has 1 amide bonds. The van der Waals surface area contributed by atoms with E-state index in [0.717, 1.165) is 32.4 Å². The van der Waals surface area contributed by atoms with Gasteiger partial charge in [0.05, 0.1) is 6.04 Å². The highest BCUT2D eigenvalue weighted by molar-refractivity contribution is 5.81. The van der Waals surface area contributed by atoms with Crippen LogP contribution in [0.3, 0.4) is 0 Å². The second-order valence-corrected chi connectivity index (χ2v) is 4.31. The zero-order chi connectivity index (χ0) is 11.8. The van der Waals surface area contributed by atoms with Crippen LogP contribution in [-0.2, 0) is 4.79 Å².